The Balaban J connectivity index is 1.73. The molecule has 0 unspecified atom stereocenters. The fourth-order valence-corrected chi connectivity index (χ4v) is 6.97. The van der Waals surface area contributed by atoms with Crippen molar-refractivity contribution >= 4 is 50.7 Å². The number of benzene rings is 3. The quantitative estimate of drug-likeness (QED) is 0.272. The number of hydrogen-bond donors (Lipinski definition) is 1. The van der Waals surface area contributed by atoms with Gasteiger partial charge in [-0.15, -0.1) is 0 Å². The molecule has 1 aliphatic carbocycles. The van der Waals surface area contributed by atoms with Gasteiger partial charge in [0.2, 0.25) is 11.8 Å². The zero-order chi connectivity index (χ0) is 29.6. The molecule has 1 fully saturated rings. The van der Waals surface area contributed by atoms with E-state index in [-0.39, 0.29) is 39.1 Å². The molecule has 0 aromatic heterocycles. The smallest absolute Gasteiger partial charge is 0.264 e. The molecular formula is C31H35Cl2N3O4S. The molecule has 7 nitrogen and oxygen atoms in total. The summed E-state index contributed by atoms with van der Waals surface area (Å²) in [7, 11) is -4.23. The van der Waals surface area contributed by atoms with Gasteiger partial charge in [0, 0.05) is 17.6 Å². The van der Waals surface area contributed by atoms with Gasteiger partial charge in [-0.3, -0.25) is 13.9 Å². The summed E-state index contributed by atoms with van der Waals surface area (Å²) in [6, 6.07) is 19.3. The number of hydrogen-bond acceptors (Lipinski definition) is 4. The molecular weight excluding hydrogens is 581 g/mol. The van der Waals surface area contributed by atoms with Crippen molar-refractivity contribution in [2.45, 2.75) is 69.5 Å². The number of anilines is 1. The van der Waals surface area contributed by atoms with Crippen molar-refractivity contribution in [2.75, 3.05) is 10.8 Å². The summed E-state index contributed by atoms with van der Waals surface area (Å²) in [5.41, 5.74) is 1.97. The summed E-state index contributed by atoms with van der Waals surface area (Å²) in [6.45, 7) is 3.38. The Bertz CT molecular complexity index is 1460. The van der Waals surface area contributed by atoms with Crippen LogP contribution < -0.4 is 9.62 Å². The minimum Gasteiger partial charge on any atom is -0.352 e. The third kappa shape index (κ3) is 7.61. The first-order chi connectivity index (χ1) is 19.6. The van der Waals surface area contributed by atoms with Crippen LogP contribution in [0.15, 0.2) is 77.7 Å². The normalized spacial score (nSPS) is 14.4. The third-order valence-electron chi connectivity index (χ3n) is 7.35. The van der Waals surface area contributed by atoms with Crippen molar-refractivity contribution in [2.24, 2.45) is 0 Å². The molecule has 0 bridgehead atoms. The van der Waals surface area contributed by atoms with Gasteiger partial charge in [-0.05, 0) is 62.1 Å². The van der Waals surface area contributed by atoms with Crippen LogP contribution in [0.1, 0.15) is 50.2 Å². The Morgan fingerprint density at radius 1 is 0.976 bits per heavy atom. The summed E-state index contributed by atoms with van der Waals surface area (Å²) in [5.74, 6) is -0.771. The fourth-order valence-electron chi connectivity index (χ4n) is 5.09. The highest BCUT2D eigenvalue weighted by Gasteiger charge is 2.35. The van der Waals surface area contributed by atoms with Crippen molar-refractivity contribution in [3.63, 3.8) is 0 Å². The van der Waals surface area contributed by atoms with Crippen LogP contribution in [-0.2, 0) is 26.2 Å². The largest absolute Gasteiger partial charge is 0.352 e. The van der Waals surface area contributed by atoms with Crippen molar-refractivity contribution in [3.05, 3.63) is 94.0 Å². The maximum atomic E-state index is 14.2. The molecule has 3 aromatic rings. The Hall–Kier alpha value is -3.07. The summed E-state index contributed by atoms with van der Waals surface area (Å²) in [5, 5.41) is 3.51. The highest BCUT2D eigenvalue weighted by atomic mass is 35.5. The fraction of sp³-hybridized carbons (Fsp3) is 0.355. The van der Waals surface area contributed by atoms with E-state index >= 15 is 0 Å². The van der Waals surface area contributed by atoms with E-state index in [1.54, 1.807) is 24.3 Å². The first-order valence-electron chi connectivity index (χ1n) is 13.8. The first kappa shape index (κ1) is 30.9. The van der Waals surface area contributed by atoms with Crippen LogP contribution >= 0.6 is 23.2 Å². The lowest BCUT2D eigenvalue weighted by Gasteiger charge is -2.34. The summed E-state index contributed by atoms with van der Waals surface area (Å²) < 4.78 is 28.8. The van der Waals surface area contributed by atoms with Gasteiger partial charge in [-0.25, -0.2) is 8.42 Å². The predicted octanol–water partition coefficient (Wildman–Crippen LogP) is 6.36. The number of sulfonamides is 1. The monoisotopic (exact) mass is 615 g/mol. The molecule has 4 rings (SSSR count). The van der Waals surface area contributed by atoms with Gasteiger partial charge in [0.05, 0.1) is 15.6 Å². The van der Waals surface area contributed by atoms with Crippen molar-refractivity contribution in [3.8, 4) is 0 Å². The molecule has 41 heavy (non-hydrogen) atoms. The Morgan fingerprint density at radius 2 is 1.63 bits per heavy atom. The maximum absolute atomic E-state index is 14.2. The number of carbonyl (C=O) groups is 2. The number of nitrogens with one attached hydrogen (secondary N) is 1. The van der Waals surface area contributed by atoms with E-state index < -0.39 is 28.5 Å². The summed E-state index contributed by atoms with van der Waals surface area (Å²) >= 11 is 12.7. The third-order valence-corrected chi connectivity index (χ3v) is 9.68. The molecule has 0 saturated heterocycles. The van der Waals surface area contributed by atoms with Gasteiger partial charge in [0.15, 0.2) is 0 Å². The van der Waals surface area contributed by atoms with E-state index in [0.717, 1.165) is 41.1 Å². The van der Waals surface area contributed by atoms with Crippen LogP contribution in [0.4, 0.5) is 5.69 Å². The van der Waals surface area contributed by atoms with E-state index in [1.807, 2.05) is 38.1 Å². The summed E-state index contributed by atoms with van der Waals surface area (Å²) in [4.78, 5) is 29.2. The van der Waals surface area contributed by atoms with Gasteiger partial charge >= 0.3 is 0 Å². The molecule has 0 heterocycles. The standard InChI is InChI=1S/C31H35Cl2N3O4S/c1-3-28(31(38)34-25-9-7-8-10-25)35(20-23-15-13-22(2)14-16-23)30(37)21-36(29-19-24(32)17-18-27(29)33)41(39,40)26-11-5-4-6-12-26/h4-6,11-19,25,28H,3,7-10,20-21H2,1-2H3,(H,34,38)/t28-/m0/s1. The topological polar surface area (TPSA) is 86.8 Å². The molecule has 2 amide bonds. The van der Waals surface area contributed by atoms with Gasteiger partial charge in [0.1, 0.15) is 12.6 Å². The molecule has 0 radical (unpaired) electrons. The molecule has 10 heteroatoms. The minimum absolute atomic E-state index is 0.0000512. The van der Waals surface area contributed by atoms with E-state index in [1.165, 1.54) is 29.2 Å². The molecule has 1 N–H and O–H groups in total. The highest BCUT2D eigenvalue weighted by Crippen LogP contribution is 2.33. The van der Waals surface area contributed by atoms with Crippen molar-refractivity contribution < 1.29 is 18.0 Å². The lowest BCUT2D eigenvalue weighted by atomic mass is 10.1. The highest BCUT2D eigenvalue weighted by molar-refractivity contribution is 7.92. The predicted molar refractivity (Wildman–Crippen MR) is 164 cm³/mol. The number of carbonyl (C=O) groups excluding carboxylic acids is 2. The second-order valence-electron chi connectivity index (χ2n) is 10.3. The summed E-state index contributed by atoms with van der Waals surface area (Å²) in [6.07, 6.45) is 4.29. The van der Waals surface area contributed by atoms with Crippen LogP contribution in [0.25, 0.3) is 0 Å². The average Bonchev–Trinajstić information content (AvgIpc) is 3.47. The zero-order valence-corrected chi connectivity index (χ0v) is 25.6. The Morgan fingerprint density at radius 3 is 2.27 bits per heavy atom. The second kappa shape index (κ2) is 13.7. The molecule has 218 valence electrons. The van der Waals surface area contributed by atoms with E-state index in [0.29, 0.717) is 6.42 Å². The second-order valence-corrected chi connectivity index (χ2v) is 13.0. The van der Waals surface area contributed by atoms with Crippen molar-refractivity contribution in [1.82, 2.24) is 10.2 Å². The van der Waals surface area contributed by atoms with Crippen LogP contribution in [0, 0.1) is 6.92 Å². The molecule has 1 atom stereocenters. The minimum atomic E-state index is -4.23. The van der Waals surface area contributed by atoms with Crippen LogP contribution in [0.3, 0.4) is 0 Å². The average molecular weight is 617 g/mol. The van der Waals surface area contributed by atoms with Gasteiger partial charge in [-0.2, -0.15) is 0 Å². The first-order valence-corrected chi connectivity index (χ1v) is 16.0. The molecule has 0 spiro atoms. The lowest BCUT2D eigenvalue weighted by Crippen LogP contribution is -2.53. The number of halogens is 2. The van der Waals surface area contributed by atoms with E-state index in [4.69, 9.17) is 23.2 Å². The number of amides is 2. The molecule has 1 aliphatic rings. The van der Waals surface area contributed by atoms with Crippen LogP contribution in [0.5, 0.6) is 0 Å². The molecule has 3 aromatic carbocycles. The molecule has 0 aliphatic heterocycles. The SMILES string of the molecule is CC[C@@H](C(=O)NC1CCCC1)N(Cc1ccc(C)cc1)C(=O)CN(c1cc(Cl)ccc1Cl)S(=O)(=O)c1ccccc1. The number of aryl methyl sites for hydroxylation is 1. The van der Waals surface area contributed by atoms with E-state index in [9.17, 15) is 18.0 Å². The Labute approximate surface area is 252 Å². The molecule has 1 saturated carbocycles. The van der Waals surface area contributed by atoms with Crippen molar-refractivity contribution in [1.29, 1.82) is 0 Å². The van der Waals surface area contributed by atoms with Gasteiger partial charge in [-0.1, -0.05) is 91.0 Å². The van der Waals surface area contributed by atoms with Crippen LogP contribution in [0.2, 0.25) is 10.0 Å². The number of rotatable bonds is 11. The zero-order valence-electron chi connectivity index (χ0n) is 23.2. The van der Waals surface area contributed by atoms with Gasteiger partial charge < -0.3 is 10.2 Å². The van der Waals surface area contributed by atoms with Gasteiger partial charge in [0.25, 0.3) is 10.0 Å². The lowest BCUT2D eigenvalue weighted by molar-refractivity contribution is -0.140. The Kier molecular flexibility index (Phi) is 10.3. The maximum Gasteiger partial charge on any atom is 0.264 e. The van der Waals surface area contributed by atoms with Crippen LogP contribution in [-0.4, -0.2) is 43.8 Å². The van der Waals surface area contributed by atoms with E-state index in [2.05, 4.69) is 5.32 Å². The number of nitrogens with zero attached hydrogens (tertiary/aromatic N) is 2.